The predicted molar refractivity (Wildman–Crippen MR) is 122 cm³/mol. The molecule has 0 radical (unpaired) electrons. The molecule has 1 heterocycles. The number of piperidine rings is 1. The molecule has 0 aliphatic carbocycles. The first-order valence-electron chi connectivity index (χ1n) is 10.2. The molecule has 1 atom stereocenters. The van der Waals surface area contributed by atoms with Crippen molar-refractivity contribution in [1.82, 2.24) is 9.62 Å². The zero-order chi connectivity index (χ0) is 21.9. The Balaban J connectivity index is 1.60. The SMILES string of the molecule is CSc1ccc(S(=O)(=O)N2CCC(C(=O)NC(C)c3cc(C)ccc3C)CC2)cc1. The van der Waals surface area contributed by atoms with E-state index in [1.165, 1.54) is 9.87 Å². The van der Waals surface area contributed by atoms with E-state index >= 15 is 0 Å². The maximum atomic E-state index is 12.9. The summed E-state index contributed by atoms with van der Waals surface area (Å²) in [6.45, 7) is 6.82. The molecule has 0 aromatic heterocycles. The van der Waals surface area contributed by atoms with Crippen LogP contribution in [0.3, 0.4) is 0 Å². The lowest BCUT2D eigenvalue weighted by atomic mass is 9.95. The molecule has 1 saturated heterocycles. The van der Waals surface area contributed by atoms with E-state index in [1.807, 2.05) is 39.2 Å². The minimum absolute atomic E-state index is 0.00442. The van der Waals surface area contributed by atoms with Crippen molar-refractivity contribution in [1.29, 1.82) is 0 Å². The maximum Gasteiger partial charge on any atom is 0.243 e. The fourth-order valence-electron chi connectivity index (χ4n) is 3.89. The van der Waals surface area contributed by atoms with Crippen molar-refractivity contribution >= 4 is 27.7 Å². The number of aryl methyl sites for hydroxylation is 2. The van der Waals surface area contributed by atoms with Crippen molar-refractivity contribution in [3.8, 4) is 0 Å². The van der Waals surface area contributed by atoms with Crippen LogP contribution >= 0.6 is 11.8 Å². The Labute approximate surface area is 184 Å². The summed E-state index contributed by atoms with van der Waals surface area (Å²) in [7, 11) is -3.52. The Morgan fingerprint density at radius 2 is 1.73 bits per heavy atom. The van der Waals surface area contributed by atoms with Crippen LogP contribution in [0.5, 0.6) is 0 Å². The summed E-state index contributed by atoms with van der Waals surface area (Å²) >= 11 is 1.58. The Hall–Kier alpha value is -1.83. The molecule has 162 valence electrons. The molecule has 0 saturated carbocycles. The van der Waals surface area contributed by atoms with E-state index < -0.39 is 10.0 Å². The summed E-state index contributed by atoms with van der Waals surface area (Å²) in [5.41, 5.74) is 3.44. The zero-order valence-electron chi connectivity index (χ0n) is 18.0. The summed E-state index contributed by atoms with van der Waals surface area (Å²) in [4.78, 5) is 14.1. The van der Waals surface area contributed by atoms with Crippen LogP contribution in [0.25, 0.3) is 0 Å². The van der Waals surface area contributed by atoms with Gasteiger partial charge in [0, 0.05) is 23.9 Å². The number of sulfonamides is 1. The van der Waals surface area contributed by atoms with Crippen molar-refractivity contribution in [3.63, 3.8) is 0 Å². The molecule has 1 amide bonds. The molecule has 1 aliphatic rings. The van der Waals surface area contributed by atoms with Gasteiger partial charge in [-0.2, -0.15) is 4.31 Å². The van der Waals surface area contributed by atoms with E-state index in [4.69, 9.17) is 0 Å². The number of hydrogen-bond donors (Lipinski definition) is 1. The average Bonchev–Trinajstić information content (AvgIpc) is 2.75. The van der Waals surface area contributed by atoms with Crippen LogP contribution in [-0.2, 0) is 14.8 Å². The minimum Gasteiger partial charge on any atom is -0.349 e. The molecule has 2 aromatic carbocycles. The second kappa shape index (κ2) is 9.54. The smallest absolute Gasteiger partial charge is 0.243 e. The van der Waals surface area contributed by atoms with Gasteiger partial charge in [-0.15, -0.1) is 11.8 Å². The lowest BCUT2D eigenvalue weighted by Gasteiger charge is -2.31. The van der Waals surface area contributed by atoms with Crippen molar-refractivity contribution in [2.75, 3.05) is 19.3 Å². The molecule has 1 aliphatic heterocycles. The van der Waals surface area contributed by atoms with Crippen molar-refractivity contribution in [2.24, 2.45) is 5.92 Å². The van der Waals surface area contributed by atoms with Gasteiger partial charge in [0.15, 0.2) is 0 Å². The molecule has 1 N–H and O–H groups in total. The largest absolute Gasteiger partial charge is 0.349 e. The van der Waals surface area contributed by atoms with E-state index in [9.17, 15) is 13.2 Å². The highest BCUT2D eigenvalue weighted by Crippen LogP contribution is 2.26. The van der Waals surface area contributed by atoms with Gasteiger partial charge in [-0.25, -0.2) is 8.42 Å². The first kappa shape index (κ1) is 22.8. The van der Waals surface area contributed by atoms with Crippen LogP contribution in [0.1, 0.15) is 42.5 Å². The van der Waals surface area contributed by atoms with Crippen LogP contribution in [0.2, 0.25) is 0 Å². The molecule has 0 spiro atoms. The quantitative estimate of drug-likeness (QED) is 0.672. The monoisotopic (exact) mass is 446 g/mol. The average molecular weight is 447 g/mol. The number of nitrogens with one attached hydrogen (secondary N) is 1. The predicted octanol–water partition coefficient (Wildman–Crippen LogP) is 4.30. The van der Waals surface area contributed by atoms with Crippen molar-refractivity contribution < 1.29 is 13.2 Å². The van der Waals surface area contributed by atoms with Crippen LogP contribution in [0.4, 0.5) is 0 Å². The fraction of sp³-hybridized carbons (Fsp3) is 0.435. The minimum atomic E-state index is -3.52. The first-order valence-corrected chi connectivity index (χ1v) is 12.9. The third-order valence-corrected chi connectivity index (χ3v) is 8.44. The zero-order valence-corrected chi connectivity index (χ0v) is 19.6. The van der Waals surface area contributed by atoms with Gasteiger partial charge >= 0.3 is 0 Å². The Morgan fingerprint density at radius 3 is 2.33 bits per heavy atom. The molecule has 1 fully saturated rings. The number of hydrogen-bond acceptors (Lipinski definition) is 4. The number of carbonyl (C=O) groups excluding carboxylic acids is 1. The van der Waals surface area contributed by atoms with E-state index in [2.05, 4.69) is 23.5 Å². The van der Waals surface area contributed by atoms with Crippen LogP contribution in [0, 0.1) is 19.8 Å². The third kappa shape index (κ3) is 5.07. The molecule has 3 rings (SSSR count). The number of carbonyl (C=O) groups is 1. The van der Waals surface area contributed by atoms with Crippen molar-refractivity contribution in [3.05, 3.63) is 59.2 Å². The third-order valence-electron chi connectivity index (χ3n) is 5.78. The summed E-state index contributed by atoms with van der Waals surface area (Å²) in [6, 6.07) is 13.1. The fourth-order valence-corrected chi connectivity index (χ4v) is 5.77. The van der Waals surface area contributed by atoms with E-state index in [-0.39, 0.29) is 17.9 Å². The Morgan fingerprint density at radius 1 is 1.10 bits per heavy atom. The van der Waals surface area contributed by atoms with Gasteiger partial charge in [0.25, 0.3) is 0 Å². The molecule has 0 bridgehead atoms. The van der Waals surface area contributed by atoms with Gasteiger partial charge in [0.05, 0.1) is 10.9 Å². The number of nitrogens with zero attached hydrogens (tertiary/aromatic N) is 1. The molecule has 30 heavy (non-hydrogen) atoms. The van der Waals surface area contributed by atoms with Crippen LogP contribution < -0.4 is 5.32 Å². The summed E-state index contributed by atoms with van der Waals surface area (Å²) in [5, 5.41) is 3.12. The molecular formula is C23H30N2O3S2. The number of amides is 1. The first-order chi connectivity index (χ1) is 14.2. The normalized spacial score (nSPS) is 16.9. The molecule has 7 heteroatoms. The van der Waals surface area contributed by atoms with Gasteiger partial charge in [0.1, 0.15) is 0 Å². The second-order valence-electron chi connectivity index (χ2n) is 7.94. The van der Waals surface area contributed by atoms with Gasteiger partial charge in [-0.05, 0) is 75.3 Å². The molecule has 5 nitrogen and oxygen atoms in total. The summed E-state index contributed by atoms with van der Waals surface area (Å²) < 4.78 is 27.3. The molecular weight excluding hydrogens is 416 g/mol. The summed E-state index contributed by atoms with van der Waals surface area (Å²) in [5.74, 6) is -0.160. The van der Waals surface area contributed by atoms with Gasteiger partial charge < -0.3 is 5.32 Å². The van der Waals surface area contributed by atoms with Gasteiger partial charge in [0.2, 0.25) is 15.9 Å². The Bertz CT molecular complexity index is 996. The summed E-state index contributed by atoms with van der Waals surface area (Å²) in [6.07, 6.45) is 3.03. The van der Waals surface area contributed by atoms with E-state index in [0.29, 0.717) is 30.8 Å². The van der Waals surface area contributed by atoms with Crippen molar-refractivity contribution in [2.45, 2.75) is 49.4 Å². The highest BCUT2D eigenvalue weighted by molar-refractivity contribution is 7.98. The topological polar surface area (TPSA) is 66.5 Å². The van der Waals surface area contributed by atoms with Crippen LogP contribution in [-0.4, -0.2) is 38.0 Å². The lowest BCUT2D eigenvalue weighted by molar-refractivity contribution is -0.126. The van der Waals surface area contributed by atoms with Crippen LogP contribution in [0.15, 0.2) is 52.3 Å². The molecule has 1 unspecified atom stereocenters. The molecule has 2 aromatic rings. The van der Waals surface area contributed by atoms with Gasteiger partial charge in [-0.3, -0.25) is 4.79 Å². The number of thioether (sulfide) groups is 1. The highest BCUT2D eigenvalue weighted by Gasteiger charge is 2.32. The van der Waals surface area contributed by atoms with E-state index in [1.54, 1.807) is 23.9 Å². The number of rotatable bonds is 6. The number of benzene rings is 2. The lowest BCUT2D eigenvalue weighted by Crippen LogP contribution is -2.43. The highest BCUT2D eigenvalue weighted by atomic mass is 32.2. The Kier molecular flexibility index (Phi) is 7.26. The second-order valence-corrected chi connectivity index (χ2v) is 10.8. The van der Waals surface area contributed by atoms with Gasteiger partial charge in [-0.1, -0.05) is 23.8 Å². The maximum absolute atomic E-state index is 12.9. The standard InChI is InChI=1S/C23H30N2O3S2/c1-16-5-6-17(2)22(15-16)18(3)24-23(26)19-11-13-25(14-12-19)30(27,28)21-9-7-20(29-4)8-10-21/h5-10,15,18-19H,11-14H2,1-4H3,(H,24,26). The van der Waals surface area contributed by atoms with E-state index in [0.717, 1.165) is 16.0 Å².